The number of ether oxygens (including phenoxy) is 1. The van der Waals surface area contributed by atoms with Crippen LogP contribution in [0.25, 0.3) is 0 Å². The average molecular weight is 333 g/mol. The fourth-order valence-electron chi connectivity index (χ4n) is 2.73. The van der Waals surface area contributed by atoms with E-state index in [9.17, 15) is 9.59 Å². The number of amides is 1. The van der Waals surface area contributed by atoms with Crippen LogP contribution in [0, 0.1) is 19.8 Å². The van der Waals surface area contributed by atoms with E-state index in [2.05, 4.69) is 0 Å². The molecular weight excluding hydrogens is 310 g/mol. The number of carbonyl (C=O) groups is 2. The van der Waals surface area contributed by atoms with Crippen molar-refractivity contribution in [2.45, 2.75) is 34.1 Å². The normalized spacial score (nSPS) is 14.9. The summed E-state index contributed by atoms with van der Waals surface area (Å²) < 4.78 is 5.48. The van der Waals surface area contributed by atoms with E-state index < -0.39 is 0 Å². The van der Waals surface area contributed by atoms with Crippen LogP contribution in [0.5, 0.6) is 0 Å². The number of thioether (sulfide) groups is 1. The highest BCUT2D eigenvalue weighted by Gasteiger charge is 2.34. The molecule has 0 atom stereocenters. The van der Waals surface area contributed by atoms with Crippen LogP contribution in [0.2, 0.25) is 0 Å². The summed E-state index contributed by atoms with van der Waals surface area (Å²) in [6.07, 6.45) is 2.18. The highest BCUT2D eigenvalue weighted by atomic mass is 32.2. The van der Waals surface area contributed by atoms with Crippen LogP contribution in [0.1, 0.15) is 31.4 Å². The van der Waals surface area contributed by atoms with E-state index in [4.69, 9.17) is 4.74 Å². The molecule has 0 N–H and O–H groups in total. The molecule has 5 heteroatoms. The van der Waals surface area contributed by atoms with Crippen molar-refractivity contribution in [3.8, 4) is 0 Å². The molecule has 2 rings (SSSR count). The van der Waals surface area contributed by atoms with Crippen LogP contribution >= 0.6 is 11.8 Å². The molecule has 0 aromatic heterocycles. The van der Waals surface area contributed by atoms with Gasteiger partial charge in [0.15, 0.2) is 0 Å². The molecule has 23 heavy (non-hydrogen) atoms. The zero-order valence-corrected chi connectivity index (χ0v) is 15.1. The van der Waals surface area contributed by atoms with Gasteiger partial charge in [-0.2, -0.15) is 0 Å². The fraction of sp³-hybridized carbons (Fsp3) is 0.444. The molecule has 0 radical (unpaired) electrons. The van der Waals surface area contributed by atoms with Crippen molar-refractivity contribution in [1.82, 2.24) is 0 Å². The lowest BCUT2D eigenvalue weighted by Crippen LogP contribution is -2.28. The van der Waals surface area contributed by atoms with E-state index in [-0.39, 0.29) is 17.8 Å². The second kappa shape index (κ2) is 7.21. The Morgan fingerprint density at radius 2 is 1.91 bits per heavy atom. The van der Waals surface area contributed by atoms with Crippen LogP contribution in [0.15, 0.2) is 28.9 Å². The Bertz CT molecular complexity index is 644. The lowest BCUT2D eigenvalue weighted by atomic mass is 10.1. The SMILES string of the molecule is CSC1=C(OC(=O)CC(C)C)CN(c2c(C)cccc2C)C1=O. The molecule has 0 aliphatic carbocycles. The number of aryl methyl sites for hydroxylation is 2. The molecule has 0 saturated heterocycles. The maximum Gasteiger partial charge on any atom is 0.311 e. The average Bonchev–Trinajstić information content (AvgIpc) is 2.73. The molecule has 0 unspecified atom stereocenters. The Balaban J connectivity index is 2.27. The molecule has 0 spiro atoms. The minimum absolute atomic E-state index is 0.0951. The van der Waals surface area contributed by atoms with Gasteiger partial charge in [0, 0.05) is 6.42 Å². The van der Waals surface area contributed by atoms with Gasteiger partial charge in [-0.25, -0.2) is 0 Å². The first-order valence-corrected chi connectivity index (χ1v) is 8.93. The minimum Gasteiger partial charge on any atom is -0.428 e. The summed E-state index contributed by atoms with van der Waals surface area (Å²) in [5, 5.41) is 0. The number of hydrogen-bond donors (Lipinski definition) is 0. The Morgan fingerprint density at radius 3 is 2.43 bits per heavy atom. The summed E-state index contributed by atoms with van der Waals surface area (Å²) in [6.45, 7) is 8.21. The monoisotopic (exact) mass is 333 g/mol. The van der Waals surface area contributed by atoms with Gasteiger partial charge in [0.05, 0.1) is 12.2 Å². The quantitative estimate of drug-likeness (QED) is 0.769. The third-order valence-electron chi connectivity index (χ3n) is 3.72. The molecule has 1 aliphatic rings. The number of nitrogens with zero attached hydrogens (tertiary/aromatic N) is 1. The van der Waals surface area contributed by atoms with Crippen LogP contribution < -0.4 is 4.90 Å². The predicted molar refractivity (Wildman–Crippen MR) is 94.4 cm³/mol. The first kappa shape index (κ1) is 17.6. The highest BCUT2D eigenvalue weighted by Crippen LogP contribution is 2.35. The maximum atomic E-state index is 12.7. The number of para-hydroxylation sites is 1. The number of benzene rings is 1. The predicted octanol–water partition coefficient (Wildman–Crippen LogP) is 3.81. The van der Waals surface area contributed by atoms with Crippen molar-refractivity contribution in [3.05, 3.63) is 40.0 Å². The van der Waals surface area contributed by atoms with Gasteiger partial charge in [-0.15, -0.1) is 11.8 Å². The van der Waals surface area contributed by atoms with Crippen molar-refractivity contribution in [2.75, 3.05) is 17.7 Å². The molecule has 0 fully saturated rings. The zero-order valence-electron chi connectivity index (χ0n) is 14.3. The summed E-state index contributed by atoms with van der Waals surface area (Å²) >= 11 is 1.33. The van der Waals surface area contributed by atoms with Crippen molar-refractivity contribution >= 4 is 29.3 Å². The first-order valence-electron chi connectivity index (χ1n) is 7.71. The molecule has 0 saturated carbocycles. The minimum atomic E-state index is -0.280. The van der Waals surface area contributed by atoms with Crippen LogP contribution in [-0.4, -0.2) is 24.7 Å². The van der Waals surface area contributed by atoms with Gasteiger partial charge < -0.3 is 4.74 Å². The summed E-state index contributed by atoms with van der Waals surface area (Å²) in [4.78, 5) is 26.9. The van der Waals surface area contributed by atoms with Gasteiger partial charge in [0.1, 0.15) is 10.7 Å². The number of hydrogen-bond acceptors (Lipinski definition) is 4. The van der Waals surface area contributed by atoms with Gasteiger partial charge in [0.25, 0.3) is 5.91 Å². The van der Waals surface area contributed by atoms with Crippen LogP contribution in [-0.2, 0) is 14.3 Å². The Hall–Kier alpha value is -1.75. The smallest absolute Gasteiger partial charge is 0.311 e. The lowest BCUT2D eigenvalue weighted by Gasteiger charge is -2.21. The van der Waals surface area contributed by atoms with Crippen molar-refractivity contribution in [3.63, 3.8) is 0 Å². The largest absolute Gasteiger partial charge is 0.428 e. The van der Waals surface area contributed by atoms with E-state index >= 15 is 0 Å². The molecular formula is C18H23NO3S. The first-order chi connectivity index (χ1) is 10.8. The second-order valence-electron chi connectivity index (χ2n) is 6.16. The third-order valence-corrected chi connectivity index (χ3v) is 4.53. The Morgan fingerprint density at radius 1 is 1.30 bits per heavy atom. The molecule has 1 aromatic rings. The zero-order chi connectivity index (χ0) is 17.1. The standard InChI is InChI=1S/C18H23NO3S/c1-11(2)9-15(20)22-14-10-19(18(21)17(14)23-5)16-12(3)7-6-8-13(16)4/h6-8,11H,9-10H2,1-5H3. The van der Waals surface area contributed by atoms with Gasteiger partial charge in [-0.1, -0.05) is 32.0 Å². The molecule has 4 nitrogen and oxygen atoms in total. The topological polar surface area (TPSA) is 46.6 Å². The molecule has 124 valence electrons. The summed E-state index contributed by atoms with van der Waals surface area (Å²) in [5.74, 6) is 0.323. The molecule has 1 amide bonds. The number of rotatable bonds is 5. The van der Waals surface area contributed by atoms with Gasteiger partial charge in [-0.3, -0.25) is 14.5 Å². The Kier molecular flexibility index (Phi) is 5.52. The van der Waals surface area contributed by atoms with Crippen molar-refractivity contribution in [2.24, 2.45) is 5.92 Å². The summed E-state index contributed by atoms with van der Waals surface area (Å²) in [7, 11) is 0. The molecule has 1 heterocycles. The number of esters is 1. The fourth-order valence-corrected chi connectivity index (χ4v) is 3.35. The van der Waals surface area contributed by atoms with Crippen molar-refractivity contribution in [1.29, 1.82) is 0 Å². The Labute approximate surface area is 141 Å². The van der Waals surface area contributed by atoms with E-state index in [1.165, 1.54) is 11.8 Å². The number of carbonyl (C=O) groups excluding carboxylic acids is 2. The van der Waals surface area contributed by atoms with E-state index in [0.29, 0.717) is 23.6 Å². The van der Waals surface area contributed by atoms with Crippen molar-refractivity contribution < 1.29 is 14.3 Å². The summed E-state index contributed by atoms with van der Waals surface area (Å²) in [6, 6.07) is 5.94. The highest BCUT2D eigenvalue weighted by molar-refractivity contribution is 8.03. The molecule has 1 aliphatic heterocycles. The van der Waals surface area contributed by atoms with Crippen LogP contribution in [0.4, 0.5) is 5.69 Å². The second-order valence-corrected chi connectivity index (χ2v) is 6.98. The third kappa shape index (κ3) is 3.78. The number of anilines is 1. The maximum absolute atomic E-state index is 12.7. The van der Waals surface area contributed by atoms with Crippen LogP contribution in [0.3, 0.4) is 0 Å². The molecule has 0 bridgehead atoms. The van der Waals surface area contributed by atoms with Gasteiger partial charge in [-0.05, 0) is 37.1 Å². The molecule has 1 aromatic carbocycles. The van der Waals surface area contributed by atoms with E-state index in [0.717, 1.165) is 16.8 Å². The van der Waals surface area contributed by atoms with Gasteiger partial charge in [0.2, 0.25) is 0 Å². The summed E-state index contributed by atoms with van der Waals surface area (Å²) in [5.41, 5.74) is 2.97. The van der Waals surface area contributed by atoms with E-state index in [1.54, 1.807) is 4.90 Å². The lowest BCUT2D eigenvalue weighted by molar-refractivity contribution is -0.140. The van der Waals surface area contributed by atoms with Gasteiger partial charge >= 0.3 is 5.97 Å². The van der Waals surface area contributed by atoms with E-state index in [1.807, 2.05) is 52.1 Å².